The van der Waals surface area contributed by atoms with Crippen LogP contribution in [-0.4, -0.2) is 24.6 Å². The summed E-state index contributed by atoms with van der Waals surface area (Å²) in [5, 5.41) is 2.82. The molecular weight excluding hydrogens is 297 g/mol. The first-order valence-electron chi connectivity index (χ1n) is 7.07. The molecule has 0 spiro atoms. The van der Waals surface area contributed by atoms with Crippen molar-refractivity contribution in [1.29, 1.82) is 0 Å². The molecule has 0 unspecified atom stereocenters. The van der Waals surface area contributed by atoms with Crippen molar-refractivity contribution >= 4 is 5.91 Å². The van der Waals surface area contributed by atoms with Crippen LogP contribution in [0.15, 0.2) is 24.3 Å². The Morgan fingerprint density at radius 3 is 2.14 bits per heavy atom. The summed E-state index contributed by atoms with van der Waals surface area (Å²) in [5.41, 5.74) is 4.45. The second-order valence-electron chi connectivity index (χ2n) is 5.05. The number of amides is 1. The SMILES string of the molecule is CCC(CC)(CN)NC(=O)COc1ccc(C(F)(F)F)cc1. The summed E-state index contributed by atoms with van der Waals surface area (Å²) in [4.78, 5) is 11.9. The van der Waals surface area contributed by atoms with E-state index in [0.717, 1.165) is 12.1 Å². The third kappa shape index (κ3) is 4.91. The molecule has 0 radical (unpaired) electrons. The number of nitrogens with two attached hydrogens (primary N) is 1. The lowest BCUT2D eigenvalue weighted by Gasteiger charge is -2.31. The van der Waals surface area contributed by atoms with Gasteiger partial charge in [-0.15, -0.1) is 0 Å². The molecule has 0 saturated carbocycles. The normalized spacial score (nSPS) is 12.1. The Morgan fingerprint density at radius 1 is 1.18 bits per heavy atom. The topological polar surface area (TPSA) is 64.3 Å². The zero-order chi connectivity index (χ0) is 16.8. The Kier molecular flexibility index (Phi) is 6.22. The van der Waals surface area contributed by atoms with E-state index in [9.17, 15) is 18.0 Å². The van der Waals surface area contributed by atoms with E-state index in [2.05, 4.69) is 5.32 Å². The summed E-state index contributed by atoms with van der Waals surface area (Å²) in [5.74, 6) is -0.149. The Bertz CT molecular complexity index is 474. The number of ether oxygens (including phenoxy) is 1. The zero-order valence-electron chi connectivity index (χ0n) is 12.7. The van der Waals surface area contributed by atoms with Crippen molar-refractivity contribution in [3.63, 3.8) is 0 Å². The number of carbonyl (C=O) groups excluding carboxylic acids is 1. The van der Waals surface area contributed by atoms with Crippen LogP contribution in [0.25, 0.3) is 0 Å². The highest BCUT2D eigenvalue weighted by molar-refractivity contribution is 5.78. The van der Waals surface area contributed by atoms with E-state index in [4.69, 9.17) is 10.5 Å². The van der Waals surface area contributed by atoms with Crippen molar-refractivity contribution in [3.05, 3.63) is 29.8 Å². The number of rotatable bonds is 7. The quantitative estimate of drug-likeness (QED) is 0.812. The van der Waals surface area contributed by atoms with Crippen molar-refractivity contribution < 1.29 is 22.7 Å². The predicted molar refractivity (Wildman–Crippen MR) is 77.4 cm³/mol. The predicted octanol–water partition coefficient (Wildman–Crippen LogP) is 2.72. The van der Waals surface area contributed by atoms with Gasteiger partial charge >= 0.3 is 6.18 Å². The van der Waals surface area contributed by atoms with Crippen LogP contribution in [0.5, 0.6) is 5.75 Å². The lowest BCUT2D eigenvalue weighted by molar-refractivity contribution is -0.137. The molecule has 0 atom stereocenters. The smallest absolute Gasteiger partial charge is 0.416 e. The molecule has 1 aromatic rings. The highest BCUT2D eigenvalue weighted by Gasteiger charge is 2.30. The molecule has 1 aromatic carbocycles. The van der Waals surface area contributed by atoms with Crippen LogP contribution in [0.3, 0.4) is 0 Å². The minimum Gasteiger partial charge on any atom is -0.484 e. The zero-order valence-corrected chi connectivity index (χ0v) is 12.7. The molecule has 0 aliphatic rings. The van der Waals surface area contributed by atoms with Crippen molar-refractivity contribution in [2.24, 2.45) is 5.73 Å². The van der Waals surface area contributed by atoms with Crippen molar-refractivity contribution in [1.82, 2.24) is 5.32 Å². The second kappa shape index (κ2) is 7.49. The summed E-state index contributed by atoms with van der Waals surface area (Å²) in [6.45, 7) is 3.89. The van der Waals surface area contributed by atoms with Crippen LogP contribution in [0.2, 0.25) is 0 Å². The molecule has 0 aliphatic heterocycles. The van der Waals surface area contributed by atoms with Crippen molar-refractivity contribution in [3.8, 4) is 5.75 Å². The van der Waals surface area contributed by atoms with Crippen molar-refractivity contribution in [2.45, 2.75) is 38.4 Å². The van der Waals surface area contributed by atoms with Crippen LogP contribution in [-0.2, 0) is 11.0 Å². The molecule has 0 saturated heterocycles. The Balaban J connectivity index is 2.57. The van der Waals surface area contributed by atoms with Crippen LogP contribution >= 0.6 is 0 Å². The molecule has 124 valence electrons. The van der Waals surface area contributed by atoms with Gasteiger partial charge in [0.2, 0.25) is 0 Å². The fourth-order valence-corrected chi connectivity index (χ4v) is 1.99. The first-order valence-corrected chi connectivity index (χ1v) is 7.07. The van der Waals surface area contributed by atoms with Gasteiger partial charge in [-0.2, -0.15) is 13.2 Å². The van der Waals surface area contributed by atoms with Gasteiger partial charge in [-0.25, -0.2) is 0 Å². The largest absolute Gasteiger partial charge is 0.484 e. The minimum absolute atomic E-state index is 0.203. The molecule has 3 N–H and O–H groups in total. The number of carbonyl (C=O) groups is 1. The summed E-state index contributed by atoms with van der Waals surface area (Å²) >= 11 is 0. The number of alkyl halides is 3. The van der Waals surface area contributed by atoms with E-state index in [-0.39, 0.29) is 18.3 Å². The second-order valence-corrected chi connectivity index (χ2v) is 5.05. The van der Waals surface area contributed by atoms with Gasteiger partial charge in [0.25, 0.3) is 5.91 Å². The van der Waals surface area contributed by atoms with Gasteiger partial charge in [-0.1, -0.05) is 13.8 Å². The van der Waals surface area contributed by atoms with E-state index in [1.807, 2.05) is 13.8 Å². The van der Waals surface area contributed by atoms with Crippen LogP contribution in [0, 0.1) is 0 Å². The average Bonchev–Trinajstić information content (AvgIpc) is 2.50. The van der Waals surface area contributed by atoms with Crippen LogP contribution in [0.1, 0.15) is 32.3 Å². The Hall–Kier alpha value is -1.76. The van der Waals surface area contributed by atoms with E-state index >= 15 is 0 Å². The number of nitrogens with one attached hydrogen (secondary N) is 1. The van der Waals surface area contributed by atoms with Gasteiger partial charge in [0.05, 0.1) is 11.1 Å². The average molecular weight is 318 g/mol. The van der Waals surface area contributed by atoms with Crippen LogP contribution < -0.4 is 15.8 Å². The van der Waals surface area contributed by atoms with Gasteiger partial charge < -0.3 is 15.8 Å². The maximum absolute atomic E-state index is 12.4. The van der Waals surface area contributed by atoms with Gasteiger partial charge in [-0.05, 0) is 37.1 Å². The minimum atomic E-state index is -4.39. The highest BCUT2D eigenvalue weighted by atomic mass is 19.4. The number of hydrogen-bond acceptors (Lipinski definition) is 3. The summed E-state index contributed by atoms with van der Waals surface area (Å²) in [6, 6.07) is 4.20. The van der Waals surface area contributed by atoms with Gasteiger partial charge in [0, 0.05) is 6.54 Å². The maximum Gasteiger partial charge on any atom is 0.416 e. The molecular formula is C15H21F3N2O2. The third-order valence-electron chi connectivity index (χ3n) is 3.70. The Labute approximate surface area is 127 Å². The molecule has 22 heavy (non-hydrogen) atoms. The lowest BCUT2D eigenvalue weighted by Crippen LogP contribution is -2.54. The monoisotopic (exact) mass is 318 g/mol. The van der Waals surface area contributed by atoms with E-state index in [0.29, 0.717) is 19.4 Å². The fraction of sp³-hybridized carbons (Fsp3) is 0.533. The molecule has 1 rings (SSSR count). The summed E-state index contributed by atoms with van der Waals surface area (Å²) in [7, 11) is 0. The van der Waals surface area contributed by atoms with E-state index in [1.54, 1.807) is 0 Å². The molecule has 1 amide bonds. The fourth-order valence-electron chi connectivity index (χ4n) is 1.99. The molecule has 0 heterocycles. The number of benzene rings is 1. The first kappa shape index (κ1) is 18.3. The summed E-state index contributed by atoms with van der Waals surface area (Å²) < 4.78 is 42.5. The standard InChI is InChI=1S/C15H21F3N2O2/c1-3-14(4-2,10-19)20-13(21)9-22-12-7-5-11(6-8-12)15(16,17)18/h5-8H,3-4,9-10,19H2,1-2H3,(H,20,21). The highest BCUT2D eigenvalue weighted by Crippen LogP contribution is 2.30. The van der Waals surface area contributed by atoms with Gasteiger partial charge in [-0.3, -0.25) is 4.79 Å². The van der Waals surface area contributed by atoms with Gasteiger partial charge in [0.15, 0.2) is 6.61 Å². The molecule has 4 nitrogen and oxygen atoms in total. The number of hydrogen-bond donors (Lipinski definition) is 2. The lowest BCUT2D eigenvalue weighted by atomic mass is 9.93. The Morgan fingerprint density at radius 2 is 1.73 bits per heavy atom. The van der Waals surface area contributed by atoms with Crippen molar-refractivity contribution in [2.75, 3.05) is 13.2 Å². The van der Waals surface area contributed by atoms with Gasteiger partial charge in [0.1, 0.15) is 5.75 Å². The van der Waals surface area contributed by atoms with E-state index in [1.165, 1.54) is 12.1 Å². The molecule has 0 bridgehead atoms. The molecule has 0 aromatic heterocycles. The van der Waals surface area contributed by atoms with Crippen LogP contribution in [0.4, 0.5) is 13.2 Å². The first-order chi connectivity index (χ1) is 10.3. The number of halogens is 3. The maximum atomic E-state index is 12.4. The molecule has 7 heteroatoms. The van der Waals surface area contributed by atoms with E-state index < -0.39 is 17.3 Å². The summed E-state index contributed by atoms with van der Waals surface area (Å²) in [6.07, 6.45) is -3.02. The molecule has 0 aliphatic carbocycles. The molecule has 0 fully saturated rings. The third-order valence-corrected chi connectivity index (χ3v) is 3.70.